The highest BCUT2D eigenvalue weighted by Crippen LogP contribution is 2.13. The molecule has 0 fully saturated rings. The molecule has 0 radical (unpaired) electrons. The summed E-state index contributed by atoms with van der Waals surface area (Å²) in [6, 6.07) is 22.9. The Labute approximate surface area is 215 Å². The van der Waals surface area contributed by atoms with Crippen molar-refractivity contribution in [2.45, 2.75) is 44.3 Å². The lowest BCUT2D eigenvalue weighted by Gasteiger charge is -2.26. The first-order valence-electron chi connectivity index (χ1n) is 11.9. The molecular weight excluding hydrogens is 470 g/mol. The number of carboxylic acids is 1. The molecule has 3 rings (SSSR count). The van der Waals surface area contributed by atoms with Crippen molar-refractivity contribution in [2.24, 2.45) is 5.73 Å². The molecule has 0 spiro atoms. The second-order valence-electron chi connectivity index (χ2n) is 9.37. The number of carboxylic acid groups (broad SMARTS) is 1. The SMILES string of the molecule is CC(C)(NC(=O)[C@H](Cc1ccccc1)NC(=O)[C@@H](N)Cc1ccc(C(=O)c2ccccc2)cc1)C(=O)O. The molecule has 0 unspecified atom stereocenters. The molecule has 0 bridgehead atoms. The van der Waals surface area contributed by atoms with E-state index in [9.17, 15) is 24.3 Å². The maximum Gasteiger partial charge on any atom is 0.328 e. The number of aliphatic carboxylic acids is 1. The maximum absolute atomic E-state index is 12.9. The third-order valence-electron chi connectivity index (χ3n) is 5.93. The van der Waals surface area contributed by atoms with E-state index in [0.29, 0.717) is 11.1 Å². The Bertz CT molecular complexity index is 1240. The predicted octanol–water partition coefficient (Wildman–Crippen LogP) is 2.49. The van der Waals surface area contributed by atoms with Crippen molar-refractivity contribution in [1.82, 2.24) is 10.6 Å². The van der Waals surface area contributed by atoms with Crippen molar-refractivity contribution in [3.63, 3.8) is 0 Å². The fourth-order valence-corrected chi connectivity index (χ4v) is 3.68. The van der Waals surface area contributed by atoms with Gasteiger partial charge in [-0.15, -0.1) is 0 Å². The predicted molar refractivity (Wildman–Crippen MR) is 140 cm³/mol. The Kier molecular flexibility index (Phi) is 8.92. The van der Waals surface area contributed by atoms with E-state index in [2.05, 4.69) is 10.6 Å². The molecule has 2 atom stereocenters. The van der Waals surface area contributed by atoms with Crippen LogP contribution in [-0.2, 0) is 27.2 Å². The molecule has 0 heterocycles. The monoisotopic (exact) mass is 501 g/mol. The van der Waals surface area contributed by atoms with Crippen molar-refractivity contribution in [1.29, 1.82) is 0 Å². The molecule has 2 amide bonds. The number of amides is 2. The number of hydrogen-bond acceptors (Lipinski definition) is 5. The lowest BCUT2D eigenvalue weighted by atomic mass is 9.99. The van der Waals surface area contributed by atoms with Gasteiger partial charge in [-0.2, -0.15) is 0 Å². The summed E-state index contributed by atoms with van der Waals surface area (Å²) < 4.78 is 0. The highest BCUT2D eigenvalue weighted by molar-refractivity contribution is 6.08. The van der Waals surface area contributed by atoms with Gasteiger partial charge in [-0.3, -0.25) is 14.4 Å². The van der Waals surface area contributed by atoms with Gasteiger partial charge in [0.1, 0.15) is 11.6 Å². The first kappa shape index (κ1) is 27.3. The molecule has 37 heavy (non-hydrogen) atoms. The number of nitrogens with one attached hydrogen (secondary N) is 2. The summed E-state index contributed by atoms with van der Waals surface area (Å²) in [5.74, 6) is -2.47. The van der Waals surface area contributed by atoms with E-state index in [1.807, 2.05) is 36.4 Å². The number of nitrogens with two attached hydrogens (primary N) is 1. The van der Waals surface area contributed by atoms with Crippen LogP contribution in [0.25, 0.3) is 0 Å². The number of benzene rings is 3. The van der Waals surface area contributed by atoms with Gasteiger partial charge < -0.3 is 21.5 Å². The van der Waals surface area contributed by atoms with Crippen molar-refractivity contribution >= 4 is 23.6 Å². The largest absolute Gasteiger partial charge is 0.480 e. The fourth-order valence-electron chi connectivity index (χ4n) is 3.68. The lowest BCUT2D eigenvalue weighted by Crippen LogP contribution is -2.58. The van der Waals surface area contributed by atoms with Crippen molar-refractivity contribution in [3.8, 4) is 0 Å². The van der Waals surface area contributed by atoms with Gasteiger partial charge in [0.05, 0.1) is 6.04 Å². The molecule has 0 aromatic heterocycles. The third-order valence-corrected chi connectivity index (χ3v) is 5.93. The summed E-state index contributed by atoms with van der Waals surface area (Å²) in [7, 11) is 0. The molecular formula is C29H31N3O5. The third kappa shape index (κ3) is 7.59. The standard InChI is InChI=1S/C29H31N3O5/c1-29(2,28(36)37)32-27(35)24(18-19-9-5-3-6-10-19)31-26(34)23(30)17-20-13-15-22(16-14-20)25(33)21-11-7-4-8-12-21/h3-16,23-24H,17-18,30H2,1-2H3,(H,31,34)(H,32,35)(H,36,37)/t23-,24-/m0/s1. The Balaban J connectivity index is 1.67. The molecule has 3 aromatic carbocycles. The zero-order valence-corrected chi connectivity index (χ0v) is 20.8. The number of hydrogen-bond donors (Lipinski definition) is 4. The minimum absolute atomic E-state index is 0.103. The van der Waals surface area contributed by atoms with Crippen LogP contribution in [-0.4, -0.2) is 46.3 Å². The maximum atomic E-state index is 12.9. The molecule has 192 valence electrons. The lowest BCUT2D eigenvalue weighted by molar-refractivity contribution is -0.146. The van der Waals surface area contributed by atoms with Crippen LogP contribution in [0.3, 0.4) is 0 Å². The minimum atomic E-state index is -1.52. The quantitative estimate of drug-likeness (QED) is 0.298. The first-order chi connectivity index (χ1) is 17.6. The van der Waals surface area contributed by atoms with Crippen molar-refractivity contribution < 1.29 is 24.3 Å². The van der Waals surface area contributed by atoms with Gasteiger partial charge in [-0.1, -0.05) is 84.9 Å². The Hall–Kier alpha value is -4.30. The average molecular weight is 502 g/mol. The van der Waals surface area contributed by atoms with Gasteiger partial charge in [-0.25, -0.2) is 4.79 Å². The molecule has 8 nitrogen and oxygen atoms in total. The fraction of sp³-hybridized carbons (Fsp3) is 0.241. The van der Waals surface area contributed by atoms with Crippen LogP contribution < -0.4 is 16.4 Å². The van der Waals surface area contributed by atoms with E-state index < -0.39 is 35.4 Å². The normalized spacial score (nSPS) is 12.7. The van der Waals surface area contributed by atoms with Crippen LogP contribution in [0.4, 0.5) is 0 Å². The van der Waals surface area contributed by atoms with Crippen LogP contribution >= 0.6 is 0 Å². The number of rotatable bonds is 11. The van der Waals surface area contributed by atoms with E-state index >= 15 is 0 Å². The first-order valence-corrected chi connectivity index (χ1v) is 11.9. The molecule has 0 saturated heterocycles. The van der Waals surface area contributed by atoms with Crippen LogP contribution in [0.1, 0.15) is 40.9 Å². The Morgan fingerprint density at radius 2 is 1.27 bits per heavy atom. The van der Waals surface area contributed by atoms with Gasteiger partial charge in [-0.05, 0) is 31.4 Å². The van der Waals surface area contributed by atoms with Crippen LogP contribution in [0.15, 0.2) is 84.9 Å². The molecule has 3 aromatic rings. The summed E-state index contributed by atoms with van der Waals surface area (Å²) in [5, 5.41) is 14.5. The van der Waals surface area contributed by atoms with Crippen LogP contribution in [0.5, 0.6) is 0 Å². The number of carbonyl (C=O) groups is 4. The molecule has 5 N–H and O–H groups in total. The second kappa shape index (κ2) is 12.1. The van der Waals surface area contributed by atoms with Gasteiger partial charge in [0.2, 0.25) is 11.8 Å². The van der Waals surface area contributed by atoms with Crippen LogP contribution in [0.2, 0.25) is 0 Å². The van der Waals surface area contributed by atoms with Gasteiger partial charge in [0.25, 0.3) is 0 Å². The summed E-state index contributed by atoms with van der Waals surface area (Å²) >= 11 is 0. The number of carbonyl (C=O) groups excluding carboxylic acids is 3. The van der Waals surface area contributed by atoms with Gasteiger partial charge >= 0.3 is 5.97 Å². The van der Waals surface area contributed by atoms with Crippen molar-refractivity contribution in [3.05, 3.63) is 107 Å². The van der Waals surface area contributed by atoms with Gasteiger partial charge in [0.15, 0.2) is 5.78 Å². The summed E-state index contributed by atoms with van der Waals surface area (Å²) in [5.41, 5.74) is 7.29. The van der Waals surface area contributed by atoms with E-state index in [1.165, 1.54) is 13.8 Å². The Morgan fingerprint density at radius 3 is 1.84 bits per heavy atom. The average Bonchev–Trinajstić information content (AvgIpc) is 2.89. The zero-order chi connectivity index (χ0) is 27.0. The smallest absolute Gasteiger partial charge is 0.328 e. The highest BCUT2D eigenvalue weighted by Gasteiger charge is 2.33. The summed E-state index contributed by atoms with van der Waals surface area (Å²) in [4.78, 5) is 49.9. The second-order valence-corrected chi connectivity index (χ2v) is 9.37. The molecule has 0 aliphatic heterocycles. The molecule has 0 saturated carbocycles. The van der Waals surface area contributed by atoms with Crippen molar-refractivity contribution in [2.75, 3.05) is 0 Å². The molecule has 0 aliphatic rings. The number of ketones is 1. The van der Waals surface area contributed by atoms with Gasteiger partial charge in [0, 0.05) is 17.5 Å². The summed E-state index contributed by atoms with van der Waals surface area (Å²) in [6.45, 7) is 2.74. The topological polar surface area (TPSA) is 139 Å². The van der Waals surface area contributed by atoms with E-state index in [-0.39, 0.29) is 18.6 Å². The van der Waals surface area contributed by atoms with E-state index in [4.69, 9.17) is 5.73 Å². The molecule has 8 heteroatoms. The van der Waals surface area contributed by atoms with Crippen LogP contribution in [0, 0.1) is 0 Å². The minimum Gasteiger partial charge on any atom is -0.480 e. The summed E-state index contributed by atoms with van der Waals surface area (Å²) in [6.07, 6.45) is 0.350. The highest BCUT2D eigenvalue weighted by atomic mass is 16.4. The van der Waals surface area contributed by atoms with E-state index in [0.717, 1.165) is 11.1 Å². The molecule has 0 aliphatic carbocycles. The Morgan fingerprint density at radius 1 is 0.757 bits per heavy atom. The zero-order valence-electron chi connectivity index (χ0n) is 20.8. The van der Waals surface area contributed by atoms with E-state index in [1.54, 1.807) is 48.5 Å².